The van der Waals surface area contributed by atoms with Gasteiger partial charge < -0.3 is 24.0 Å². The van der Waals surface area contributed by atoms with E-state index >= 15 is 0 Å². The van der Waals surface area contributed by atoms with Crippen LogP contribution in [0.15, 0.2) is 0 Å². The molecule has 0 bridgehead atoms. The van der Waals surface area contributed by atoms with Crippen LogP contribution in [0.2, 0.25) is 6.04 Å². The fourth-order valence-corrected chi connectivity index (χ4v) is 3.78. The van der Waals surface area contributed by atoms with Gasteiger partial charge in [0.05, 0.1) is 10.4 Å². The van der Waals surface area contributed by atoms with Gasteiger partial charge in [0.25, 0.3) is 0 Å². The lowest BCUT2D eigenvalue weighted by atomic mass is 10.2. The van der Waals surface area contributed by atoms with Crippen LogP contribution in [0.25, 0.3) is 0 Å². The van der Waals surface area contributed by atoms with Crippen molar-refractivity contribution >= 4 is 19.2 Å². The zero-order chi connectivity index (χ0) is 11.7. The number of nitrogens with one attached hydrogen (secondary N) is 1. The Labute approximate surface area is 96.5 Å². The third-order valence-corrected chi connectivity index (χ3v) is 6.31. The molecule has 0 amide bonds. The normalized spacial score (nSPS) is 14.4. The van der Waals surface area contributed by atoms with Crippen molar-refractivity contribution in [3.63, 3.8) is 0 Å². The van der Waals surface area contributed by atoms with Crippen LogP contribution in [0.1, 0.15) is 12.8 Å². The summed E-state index contributed by atoms with van der Waals surface area (Å²) in [5, 5.41) is 0. The molecule has 1 unspecified atom stereocenters. The van der Waals surface area contributed by atoms with Crippen LogP contribution in [-0.4, -0.2) is 53.1 Å². The van der Waals surface area contributed by atoms with E-state index in [1.807, 2.05) is 0 Å². The van der Waals surface area contributed by atoms with E-state index in [4.69, 9.17) is 19.0 Å². The zero-order valence-electron chi connectivity index (χ0n) is 10.2. The summed E-state index contributed by atoms with van der Waals surface area (Å²) in [7, 11) is 3.54. The van der Waals surface area contributed by atoms with Crippen molar-refractivity contribution in [2.45, 2.75) is 24.9 Å². The highest BCUT2D eigenvalue weighted by Crippen LogP contribution is 2.16. The summed E-state index contributed by atoms with van der Waals surface area (Å²) in [5.41, 5.74) is 5.61. The molecule has 1 atom stereocenters. The van der Waals surface area contributed by atoms with Gasteiger partial charge in [0, 0.05) is 40.0 Å². The molecule has 0 aromatic rings. The average molecular weight is 252 g/mol. The predicted octanol–water partition coefficient (Wildman–Crippen LogP) is -1.16. The first-order valence-electron chi connectivity index (χ1n) is 5.20. The molecule has 92 valence electrons. The van der Waals surface area contributed by atoms with Crippen LogP contribution in [-0.2, 0) is 13.3 Å². The van der Waals surface area contributed by atoms with Crippen molar-refractivity contribution in [1.82, 2.24) is 4.98 Å². The summed E-state index contributed by atoms with van der Waals surface area (Å²) in [6.45, 7) is 0.686. The molecule has 7 heteroatoms. The van der Waals surface area contributed by atoms with E-state index in [-0.39, 0.29) is 0 Å². The van der Waals surface area contributed by atoms with Gasteiger partial charge in [-0.05, 0) is 12.8 Å². The van der Waals surface area contributed by atoms with Crippen LogP contribution in [0.5, 0.6) is 0 Å². The van der Waals surface area contributed by atoms with Gasteiger partial charge in [-0.3, -0.25) is 0 Å². The van der Waals surface area contributed by atoms with Gasteiger partial charge in [-0.15, -0.1) is 0 Å². The molecule has 0 aromatic heterocycles. The molecule has 0 aliphatic heterocycles. The van der Waals surface area contributed by atoms with E-state index < -0.39 is 8.80 Å². The highest BCUT2D eigenvalue weighted by atomic mass is 28.4. The molecule has 0 heterocycles. The van der Waals surface area contributed by atoms with Gasteiger partial charge in [-0.2, -0.15) is 0 Å². The van der Waals surface area contributed by atoms with Crippen molar-refractivity contribution in [3.05, 3.63) is 0 Å². The standard InChI is InChI=1S/C8H24N2O3Si2/c1-11-15(12-2,13-3)6-4-5-8(7-9)10-14/h8,10H,4-7,9H2,1-3,14H3. The first-order chi connectivity index (χ1) is 7.17. The summed E-state index contributed by atoms with van der Waals surface area (Å²) >= 11 is 0. The molecule has 0 saturated heterocycles. The smallest absolute Gasteiger partial charge is 0.377 e. The summed E-state index contributed by atoms with van der Waals surface area (Å²) in [4.78, 5) is 3.30. The lowest BCUT2D eigenvalue weighted by molar-refractivity contribution is 0.122. The van der Waals surface area contributed by atoms with Crippen molar-refractivity contribution in [2.24, 2.45) is 5.73 Å². The van der Waals surface area contributed by atoms with Crippen molar-refractivity contribution in [3.8, 4) is 0 Å². The Balaban J connectivity index is 3.89. The van der Waals surface area contributed by atoms with Crippen molar-refractivity contribution < 1.29 is 13.3 Å². The third-order valence-electron chi connectivity index (χ3n) is 2.66. The molecule has 0 aliphatic carbocycles. The summed E-state index contributed by atoms with van der Waals surface area (Å²) in [5.74, 6) is 0. The van der Waals surface area contributed by atoms with Gasteiger partial charge in [-0.25, -0.2) is 0 Å². The summed E-state index contributed by atoms with van der Waals surface area (Å²) in [6.07, 6.45) is 2.06. The van der Waals surface area contributed by atoms with E-state index in [0.29, 0.717) is 12.6 Å². The minimum Gasteiger partial charge on any atom is -0.377 e. The molecule has 0 rings (SSSR count). The van der Waals surface area contributed by atoms with E-state index in [0.717, 1.165) is 29.3 Å². The first-order valence-corrected chi connectivity index (χ1v) is 8.14. The highest BCUT2D eigenvalue weighted by molar-refractivity contribution is 6.60. The highest BCUT2D eigenvalue weighted by Gasteiger charge is 2.36. The van der Waals surface area contributed by atoms with Gasteiger partial charge in [0.1, 0.15) is 0 Å². The maximum absolute atomic E-state index is 5.61. The Morgan fingerprint density at radius 1 is 1.27 bits per heavy atom. The SMILES string of the molecule is CO[Si](CCCC(CN)N[SiH3])(OC)OC. The monoisotopic (exact) mass is 252 g/mol. The molecule has 0 saturated carbocycles. The molecule has 5 nitrogen and oxygen atoms in total. The molecule has 0 aromatic carbocycles. The zero-order valence-corrected chi connectivity index (χ0v) is 13.2. The van der Waals surface area contributed by atoms with Gasteiger partial charge in [0.15, 0.2) is 0 Å². The molecular weight excluding hydrogens is 228 g/mol. The quantitative estimate of drug-likeness (QED) is 0.507. The fraction of sp³-hybridized carbons (Fsp3) is 1.00. The lowest BCUT2D eigenvalue weighted by Gasteiger charge is -2.25. The second-order valence-corrected chi connectivity index (χ2v) is 7.08. The molecule has 3 N–H and O–H groups in total. The first kappa shape index (κ1) is 15.2. The maximum Gasteiger partial charge on any atom is 0.500 e. The van der Waals surface area contributed by atoms with Crippen LogP contribution in [0.3, 0.4) is 0 Å². The van der Waals surface area contributed by atoms with Crippen LogP contribution < -0.4 is 10.7 Å². The Kier molecular flexibility index (Phi) is 8.52. The maximum atomic E-state index is 5.61. The number of hydrogen-bond donors (Lipinski definition) is 2. The van der Waals surface area contributed by atoms with E-state index in [1.165, 1.54) is 0 Å². The minimum absolute atomic E-state index is 0.425. The van der Waals surface area contributed by atoms with Crippen molar-refractivity contribution in [1.29, 1.82) is 0 Å². The van der Waals surface area contributed by atoms with E-state index in [9.17, 15) is 0 Å². The molecule has 0 spiro atoms. The summed E-state index contributed by atoms with van der Waals surface area (Å²) < 4.78 is 16.0. The Bertz CT molecular complexity index is 147. The topological polar surface area (TPSA) is 65.7 Å². The Hall–Kier alpha value is 0.234. The Morgan fingerprint density at radius 3 is 2.13 bits per heavy atom. The van der Waals surface area contributed by atoms with E-state index in [1.54, 1.807) is 21.3 Å². The predicted molar refractivity (Wildman–Crippen MR) is 66.7 cm³/mol. The number of rotatable bonds is 9. The Morgan fingerprint density at radius 2 is 1.80 bits per heavy atom. The molecule has 0 aliphatic rings. The fourth-order valence-electron chi connectivity index (χ4n) is 1.50. The van der Waals surface area contributed by atoms with Crippen LogP contribution in [0.4, 0.5) is 0 Å². The third kappa shape index (κ3) is 5.20. The molecule has 0 fully saturated rings. The largest absolute Gasteiger partial charge is 0.500 e. The molecular formula is C8H24N2O3Si2. The van der Waals surface area contributed by atoms with Crippen LogP contribution >= 0.6 is 0 Å². The molecule has 15 heavy (non-hydrogen) atoms. The van der Waals surface area contributed by atoms with Gasteiger partial charge in [0.2, 0.25) is 0 Å². The van der Waals surface area contributed by atoms with Gasteiger partial charge >= 0.3 is 8.80 Å². The average Bonchev–Trinajstić information content (AvgIpc) is 2.31. The summed E-state index contributed by atoms with van der Waals surface area (Å²) in [6, 6.07) is 1.27. The second-order valence-electron chi connectivity index (χ2n) is 3.41. The second kappa shape index (κ2) is 8.39. The van der Waals surface area contributed by atoms with Crippen molar-refractivity contribution in [2.75, 3.05) is 27.9 Å². The minimum atomic E-state index is -2.37. The number of nitrogens with two attached hydrogens (primary N) is 1. The molecule has 0 radical (unpaired) electrons. The lowest BCUT2D eigenvalue weighted by Crippen LogP contribution is -2.43. The van der Waals surface area contributed by atoms with Gasteiger partial charge in [-0.1, -0.05) is 0 Å². The van der Waals surface area contributed by atoms with E-state index in [2.05, 4.69) is 4.98 Å². The number of hydrogen-bond acceptors (Lipinski definition) is 5. The van der Waals surface area contributed by atoms with Crippen LogP contribution in [0, 0.1) is 0 Å².